The summed E-state index contributed by atoms with van der Waals surface area (Å²) < 4.78 is 1.82. The molecule has 2 heterocycles. The van der Waals surface area contributed by atoms with Crippen molar-refractivity contribution in [3.05, 3.63) is 84.2 Å². The zero-order chi connectivity index (χ0) is 18.5. The second kappa shape index (κ2) is 7.45. The number of benzene rings is 2. The molecule has 0 fully saturated rings. The van der Waals surface area contributed by atoms with Crippen molar-refractivity contribution in [1.29, 1.82) is 5.26 Å². The lowest BCUT2D eigenvalue weighted by Gasteiger charge is -2.06. The molecule has 27 heavy (non-hydrogen) atoms. The van der Waals surface area contributed by atoms with E-state index in [1.54, 1.807) is 12.1 Å². The van der Waals surface area contributed by atoms with E-state index in [1.807, 2.05) is 59.4 Å². The van der Waals surface area contributed by atoms with Crippen LogP contribution in [0, 0.1) is 11.3 Å². The first-order valence-electron chi connectivity index (χ1n) is 8.35. The quantitative estimate of drug-likeness (QED) is 0.591. The van der Waals surface area contributed by atoms with Crippen LogP contribution >= 0.6 is 0 Å². The summed E-state index contributed by atoms with van der Waals surface area (Å²) in [6.45, 7) is 0.673. The van der Waals surface area contributed by atoms with Gasteiger partial charge in [-0.3, -0.25) is 0 Å². The van der Waals surface area contributed by atoms with E-state index in [1.165, 1.54) is 5.56 Å². The van der Waals surface area contributed by atoms with Crippen molar-refractivity contribution in [1.82, 2.24) is 25.2 Å². The molecule has 130 valence electrons. The van der Waals surface area contributed by atoms with Gasteiger partial charge in [-0.15, -0.1) is 15.3 Å². The Labute approximate surface area is 155 Å². The zero-order valence-corrected chi connectivity index (χ0v) is 14.3. The summed E-state index contributed by atoms with van der Waals surface area (Å²) >= 11 is 0. The summed E-state index contributed by atoms with van der Waals surface area (Å²) in [5, 5.41) is 28.3. The summed E-state index contributed by atoms with van der Waals surface area (Å²) in [5.74, 6) is 0.568. The van der Waals surface area contributed by atoms with E-state index in [0.717, 1.165) is 16.9 Å². The second-order valence-corrected chi connectivity index (χ2v) is 5.91. The van der Waals surface area contributed by atoms with E-state index >= 15 is 0 Å². The highest BCUT2D eigenvalue weighted by Crippen LogP contribution is 2.22. The fourth-order valence-corrected chi connectivity index (χ4v) is 2.64. The Bertz CT molecular complexity index is 1080. The highest BCUT2D eigenvalue weighted by Gasteiger charge is 2.06. The van der Waals surface area contributed by atoms with Crippen LogP contribution in [0.15, 0.2) is 72.9 Å². The maximum Gasteiger partial charge on any atom is 0.163 e. The third-order valence-corrected chi connectivity index (χ3v) is 3.94. The molecule has 0 atom stereocenters. The molecule has 0 saturated carbocycles. The van der Waals surface area contributed by atoms with Crippen molar-refractivity contribution in [2.45, 2.75) is 6.54 Å². The van der Waals surface area contributed by atoms with Crippen molar-refractivity contribution in [2.75, 3.05) is 5.32 Å². The minimum Gasteiger partial charge on any atom is -0.339 e. The fraction of sp³-hybridized carbons (Fsp3) is 0.0500. The van der Waals surface area contributed by atoms with E-state index in [9.17, 15) is 0 Å². The molecule has 0 saturated heterocycles. The number of nitrogens with one attached hydrogen (secondary N) is 1. The minimum absolute atomic E-state index is 0.282. The first-order valence-corrected chi connectivity index (χ1v) is 8.35. The molecule has 0 aliphatic rings. The summed E-state index contributed by atoms with van der Waals surface area (Å²) in [7, 11) is 0. The first kappa shape index (κ1) is 16.4. The third kappa shape index (κ3) is 3.96. The van der Waals surface area contributed by atoms with E-state index in [0.29, 0.717) is 12.4 Å². The Kier molecular flexibility index (Phi) is 4.53. The summed E-state index contributed by atoms with van der Waals surface area (Å²) in [4.78, 5) is 0. The van der Waals surface area contributed by atoms with Gasteiger partial charge < -0.3 is 5.32 Å². The van der Waals surface area contributed by atoms with Gasteiger partial charge in [0.15, 0.2) is 11.5 Å². The number of hydrogen-bond acceptors (Lipinski definition) is 6. The Morgan fingerprint density at radius 2 is 1.81 bits per heavy atom. The van der Waals surface area contributed by atoms with Gasteiger partial charge in [-0.1, -0.05) is 47.7 Å². The predicted molar refractivity (Wildman–Crippen MR) is 101 cm³/mol. The summed E-state index contributed by atoms with van der Waals surface area (Å²) in [6.07, 6.45) is 1.92. The van der Waals surface area contributed by atoms with Gasteiger partial charge >= 0.3 is 0 Å². The van der Waals surface area contributed by atoms with Crippen LogP contribution in [0.1, 0.15) is 11.3 Å². The van der Waals surface area contributed by atoms with Gasteiger partial charge in [-0.05, 0) is 29.8 Å². The lowest BCUT2D eigenvalue weighted by Crippen LogP contribution is -1.99. The number of nitriles is 1. The van der Waals surface area contributed by atoms with E-state index in [4.69, 9.17) is 5.26 Å². The van der Waals surface area contributed by atoms with E-state index in [-0.39, 0.29) is 5.69 Å². The lowest BCUT2D eigenvalue weighted by atomic mass is 10.1. The molecular weight excluding hydrogens is 338 g/mol. The third-order valence-electron chi connectivity index (χ3n) is 3.94. The Morgan fingerprint density at radius 1 is 0.926 bits per heavy atom. The molecule has 0 aliphatic carbocycles. The van der Waals surface area contributed by atoms with E-state index < -0.39 is 0 Å². The molecule has 0 amide bonds. The van der Waals surface area contributed by atoms with Gasteiger partial charge in [0.05, 0.1) is 12.7 Å². The highest BCUT2D eigenvalue weighted by molar-refractivity contribution is 5.67. The smallest absolute Gasteiger partial charge is 0.163 e. The Morgan fingerprint density at radius 3 is 2.59 bits per heavy atom. The molecular formula is C20H15N7. The van der Waals surface area contributed by atoms with Gasteiger partial charge in [0, 0.05) is 11.3 Å². The Hall–Kier alpha value is -4.05. The number of anilines is 2. The SMILES string of the molecule is N#Cc1ccc(Nc2cccc(-c3cn(Cc4ccccc4)nn3)c2)nn1. The second-order valence-electron chi connectivity index (χ2n) is 5.91. The van der Waals surface area contributed by atoms with Crippen LogP contribution < -0.4 is 5.32 Å². The molecule has 0 bridgehead atoms. The maximum absolute atomic E-state index is 8.79. The molecule has 4 rings (SSSR count). The molecule has 0 spiro atoms. The summed E-state index contributed by atoms with van der Waals surface area (Å²) in [6, 6.07) is 23.2. The largest absolute Gasteiger partial charge is 0.339 e. The van der Waals surface area contributed by atoms with Crippen molar-refractivity contribution in [2.24, 2.45) is 0 Å². The molecule has 7 nitrogen and oxygen atoms in total. The van der Waals surface area contributed by atoms with Crippen LogP contribution in [0.25, 0.3) is 11.3 Å². The lowest BCUT2D eigenvalue weighted by molar-refractivity contribution is 0.650. The fourth-order valence-electron chi connectivity index (χ4n) is 2.64. The minimum atomic E-state index is 0.282. The van der Waals surface area contributed by atoms with Gasteiger partial charge in [-0.25, -0.2) is 4.68 Å². The van der Waals surface area contributed by atoms with Gasteiger partial charge in [0.2, 0.25) is 0 Å². The van der Waals surface area contributed by atoms with Crippen molar-refractivity contribution in [3.63, 3.8) is 0 Å². The van der Waals surface area contributed by atoms with Crippen LogP contribution in [0.3, 0.4) is 0 Å². The normalized spacial score (nSPS) is 10.3. The van der Waals surface area contributed by atoms with Gasteiger partial charge in [0.25, 0.3) is 0 Å². The predicted octanol–water partition coefficient (Wildman–Crippen LogP) is 3.40. The summed E-state index contributed by atoms with van der Waals surface area (Å²) in [5.41, 5.74) is 4.04. The number of hydrogen-bond donors (Lipinski definition) is 1. The number of aromatic nitrogens is 5. The molecule has 1 N–H and O–H groups in total. The van der Waals surface area contributed by atoms with Crippen molar-refractivity contribution < 1.29 is 0 Å². The van der Waals surface area contributed by atoms with E-state index in [2.05, 4.69) is 38.0 Å². The van der Waals surface area contributed by atoms with Crippen molar-refractivity contribution in [3.8, 4) is 17.3 Å². The van der Waals surface area contributed by atoms with Gasteiger partial charge in [-0.2, -0.15) is 5.26 Å². The van der Waals surface area contributed by atoms with Crippen LogP contribution in [-0.4, -0.2) is 25.2 Å². The van der Waals surface area contributed by atoms with Crippen molar-refractivity contribution >= 4 is 11.5 Å². The first-order chi connectivity index (χ1) is 13.3. The average molecular weight is 353 g/mol. The molecule has 7 heteroatoms. The average Bonchev–Trinajstić information content (AvgIpc) is 3.18. The molecule has 2 aromatic carbocycles. The van der Waals surface area contributed by atoms with Crippen LogP contribution in [0.4, 0.5) is 11.5 Å². The molecule has 0 radical (unpaired) electrons. The molecule has 0 unspecified atom stereocenters. The molecule has 2 aromatic heterocycles. The van der Waals surface area contributed by atoms with Gasteiger partial charge in [0.1, 0.15) is 11.8 Å². The number of rotatable bonds is 5. The monoisotopic (exact) mass is 353 g/mol. The zero-order valence-electron chi connectivity index (χ0n) is 14.3. The Balaban J connectivity index is 1.51. The topological polar surface area (TPSA) is 92.3 Å². The molecule has 4 aromatic rings. The van der Waals surface area contributed by atoms with Crippen LogP contribution in [0.5, 0.6) is 0 Å². The number of nitrogens with zero attached hydrogens (tertiary/aromatic N) is 6. The van der Waals surface area contributed by atoms with Crippen LogP contribution in [0.2, 0.25) is 0 Å². The van der Waals surface area contributed by atoms with Crippen LogP contribution in [-0.2, 0) is 6.54 Å². The highest BCUT2D eigenvalue weighted by atomic mass is 15.4. The maximum atomic E-state index is 8.79. The molecule has 0 aliphatic heterocycles. The standard InChI is InChI=1S/C20H15N7/c21-12-18-9-10-20(25-23-18)22-17-8-4-7-16(11-17)19-14-27(26-24-19)13-15-5-2-1-3-6-15/h1-11,14H,13H2,(H,22,25).